The first-order chi connectivity index (χ1) is 9.98. The minimum atomic E-state index is -5.51. The maximum Gasteiger partial charge on any atom is 0.420 e. The second-order valence-electron chi connectivity index (χ2n) is 5.62. The van der Waals surface area contributed by atoms with E-state index in [-0.39, 0.29) is 18.4 Å². The molecule has 0 heterocycles. The highest BCUT2D eigenvalue weighted by atomic mass is 19.4. The number of carbonyl (C=O) groups excluding carboxylic acids is 1. The molecular weight excluding hydrogens is 311 g/mol. The Bertz CT molecular complexity index is 413. The highest BCUT2D eigenvalue weighted by molar-refractivity contribution is 5.87. The Labute approximate surface area is 125 Å². The van der Waals surface area contributed by atoms with Crippen LogP contribution >= 0.6 is 0 Å². The highest BCUT2D eigenvalue weighted by Gasteiger charge is 2.62. The number of halogens is 5. The van der Waals surface area contributed by atoms with Crippen LogP contribution in [0.1, 0.15) is 39.0 Å². The summed E-state index contributed by atoms with van der Waals surface area (Å²) in [5.41, 5.74) is -0.196. The van der Waals surface area contributed by atoms with E-state index in [1.54, 1.807) is 0 Å². The lowest BCUT2D eigenvalue weighted by Gasteiger charge is -2.37. The van der Waals surface area contributed by atoms with E-state index in [0.29, 0.717) is 12.8 Å². The number of hydrogen-bond acceptors (Lipinski definition) is 3. The predicted molar refractivity (Wildman–Crippen MR) is 68.3 cm³/mol. The van der Waals surface area contributed by atoms with Crippen LogP contribution in [0, 0.1) is 5.92 Å². The molecule has 0 radical (unpaired) electrons. The molecule has 1 saturated carbocycles. The van der Waals surface area contributed by atoms with Crippen molar-refractivity contribution in [3.8, 4) is 0 Å². The SMILES string of the molecule is C=C(C)C(=O)OC(C1CCCCC1)C(F)(F)C(O)C(F)(F)F. The van der Waals surface area contributed by atoms with Gasteiger partial charge in [0.15, 0.2) is 6.10 Å². The third kappa shape index (κ3) is 4.41. The molecule has 0 aromatic carbocycles. The fourth-order valence-corrected chi connectivity index (χ4v) is 2.52. The van der Waals surface area contributed by atoms with E-state index in [2.05, 4.69) is 11.3 Å². The van der Waals surface area contributed by atoms with Crippen molar-refractivity contribution in [2.45, 2.75) is 63.3 Å². The van der Waals surface area contributed by atoms with Gasteiger partial charge in [-0.2, -0.15) is 22.0 Å². The predicted octanol–water partition coefficient (Wildman–Crippen LogP) is 3.61. The summed E-state index contributed by atoms with van der Waals surface area (Å²) in [7, 11) is 0. The van der Waals surface area contributed by atoms with Crippen molar-refractivity contribution in [2.75, 3.05) is 0 Å². The second-order valence-corrected chi connectivity index (χ2v) is 5.62. The van der Waals surface area contributed by atoms with Gasteiger partial charge in [-0.25, -0.2) is 4.79 Å². The Morgan fingerprint density at radius 3 is 2.09 bits per heavy atom. The lowest BCUT2D eigenvalue weighted by Crippen LogP contribution is -2.56. The van der Waals surface area contributed by atoms with Crippen LogP contribution in [0.5, 0.6) is 0 Å². The van der Waals surface area contributed by atoms with E-state index < -0.39 is 36.2 Å². The summed E-state index contributed by atoms with van der Waals surface area (Å²) >= 11 is 0. The van der Waals surface area contributed by atoms with Crippen LogP contribution in [0.15, 0.2) is 12.2 Å². The number of carbonyl (C=O) groups is 1. The average molecular weight is 330 g/mol. The maximum atomic E-state index is 14.1. The van der Waals surface area contributed by atoms with Gasteiger partial charge in [0.25, 0.3) is 0 Å². The van der Waals surface area contributed by atoms with Crippen molar-refractivity contribution in [1.29, 1.82) is 0 Å². The second kappa shape index (κ2) is 6.93. The summed E-state index contributed by atoms with van der Waals surface area (Å²) in [5, 5.41) is 8.98. The van der Waals surface area contributed by atoms with Crippen molar-refractivity contribution in [1.82, 2.24) is 0 Å². The molecule has 22 heavy (non-hydrogen) atoms. The normalized spacial score (nSPS) is 20.3. The monoisotopic (exact) mass is 330 g/mol. The number of rotatable bonds is 5. The van der Waals surface area contributed by atoms with Crippen LogP contribution in [-0.4, -0.2) is 35.4 Å². The van der Waals surface area contributed by atoms with Crippen molar-refractivity contribution in [2.24, 2.45) is 5.92 Å². The van der Waals surface area contributed by atoms with Crippen molar-refractivity contribution in [3.63, 3.8) is 0 Å². The first kappa shape index (κ1) is 18.9. The summed E-state index contributed by atoms with van der Waals surface area (Å²) in [5.74, 6) is -6.74. The molecule has 0 saturated heterocycles. The first-order valence-corrected chi connectivity index (χ1v) is 6.97. The first-order valence-electron chi connectivity index (χ1n) is 6.97. The summed E-state index contributed by atoms with van der Waals surface area (Å²) in [6.07, 6.45) is -9.38. The van der Waals surface area contributed by atoms with E-state index >= 15 is 0 Å². The lowest BCUT2D eigenvalue weighted by molar-refractivity contribution is -0.298. The number of hydrogen-bond donors (Lipinski definition) is 1. The average Bonchev–Trinajstić information content (AvgIpc) is 2.43. The quantitative estimate of drug-likeness (QED) is 0.476. The van der Waals surface area contributed by atoms with Crippen LogP contribution in [-0.2, 0) is 9.53 Å². The molecule has 0 spiro atoms. The Kier molecular flexibility index (Phi) is 5.95. The van der Waals surface area contributed by atoms with Gasteiger partial charge in [0.2, 0.25) is 6.10 Å². The zero-order chi connectivity index (χ0) is 17.1. The Morgan fingerprint density at radius 1 is 1.18 bits per heavy atom. The van der Waals surface area contributed by atoms with Gasteiger partial charge in [-0.1, -0.05) is 25.8 Å². The minimum Gasteiger partial charge on any atom is -0.452 e. The number of alkyl halides is 5. The third-order valence-corrected chi connectivity index (χ3v) is 3.71. The molecule has 0 amide bonds. The van der Waals surface area contributed by atoms with Gasteiger partial charge in [-0.3, -0.25) is 0 Å². The number of aliphatic hydroxyl groups is 1. The minimum absolute atomic E-state index is 0.196. The molecule has 1 N–H and O–H groups in total. The van der Waals surface area contributed by atoms with E-state index in [9.17, 15) is 26.7 Å². The van der Waals surface area contributed by atoms with Crippen LogP contribution < -0.4 is 0 Å². The molecule has 2 atom stereocenters. The van der Waals surface area contributed by atoms with E-state index in [1.807, 2.05) is 0 Å². The Hall–Kier alpha value is -1.18. The van der Waals surface area contributed by atoms with Gasteiger partial charge < -0.3 is 9.84 Å². The van der Waals surface area contributed by atoms with E-state index in [1.165, 1.54) is 6.92 Å². The Balaban J connectivity index is 3.06. The number of esters is 1. The van der Waals surface area contributed by atoms with Gasteiger partial charge in [0.05, 0.1) is 0 Å². The summed E-state index contributed by atoms with van der Waals surface area (Å²) < 4.78 is 70.2. The molecule has 0 aliphatic heterocycles. The number of aliphatic hydroxyl groups excluding tert-OH is 1. The van der Waals surface area contributed by atoms with Gasteiger partial charge in [0, 0.05) is 11.5 Å². The van der Waals surface area contributed by atoms with Crippen LogP contribution in [0.3, 0.4) is 0 Å². The zero-order valence-electron chi connectivity index (χ0n) is 12.1. The van der Waals surface area contributed by atoms with E-state index in [4.69, 9.17) is 5.11 Å². The Morgan fingerprint density at radius 2 is 1.68 bits per heavy atom. The van der Waals surface area contributed by atoms with Crippen molar-refractivity contribution in [3.05, 3.63) is 12.2 Å². The molecule has 1 aliphatic carbocycles. The largest absolute Gasteiger partial charge is 0.452 e. The molecule has 1 fully saturated rings. The fourth-order valence-electron chi connectivity index (χ4n) is 2.52. The summed E-state index contributed by atoms with van der Waals surface area (Å²) in [6, 6.07) is 0. The molecule has 0 aromatic heterocycles. The summed E-state index contributed by atoms with van der Waals surface area (Å²) in [6.45, 7) is 4.43. The topological polar surface area (TPSA) is 46.5 Å². The van der Waals surface area contributed by atoms with Gasteiger partial charge >= 0.3 is 18.1 Å². The maximum absolute atomic E-state index is 14.1. The number of ether oxygens (including phenoxy) is 1. The molecule has 0 aromatic rings. The van der Waals surface area contributed by atoms with Crippen molar-refractivity contribution < 1.29 is 36.6 Å². The summed E-state index contributed by atoms with van der Waals surface area (Å²) in [4.78, 5) is 11.5. The molecule has 2 unspecified atom stereocenters. The molecule has 8 heteroatoms. The standard InChI is InChI=1S/C14H19F5O3/c1-8(2)11(20)22-10(9-6-4-3-5-7-9)13(15,16)12(21)14(17,18)19/h9-10,12,21H,1,3-7H2,2H3. The van der Waals surface area contributed by atoms with Crippen molar-refractivity contribution >= 4 is 5.97 Å². The lowest BCUT2D eigenvalue weighted by atomic mass is 9.81. The molecule has 0 bridgehead atoms. The van der Waals surface area contributed by atoms with Gasteiger partial charge in [-0.15, -0.1) is 0 Å². The molecular formula is C14H19F5O3. The molecule has 1 rings (SSSR count). The van der Waals surface area contributed by atoms with Crippen LogP contribution in [0.25, 0.3) is 0 Å². The highest BCUT2D eigenvalue weighted by Crippen LogP contribution is 2.42. The van der Waals surface area contributed by atoms with Crippen LogP contribution in [0.4, 0.5) is 22.0 Å². The van der Waals surface area contributed by atoms with Gasteiger partial charge in [-0.05, 0) is 19.8 Å². The van der Waals surface area contributed by atoms with Gasteiger partial charge in [0.1, 0.15) is 0 Å². The van der Waals surface area contributed by atoms with E-state index in [0.717, 1.165) is 6.42 Å². The molecule has 1 aliphatic rings. The zero-order valence-corrected chi connectivity index (χ0v) is 12.1. The fraction of sp³-hybridized carbons (Fsp3) is 0.786. The smallest absolute Gasteiger partial charge is 0.420 e. The van der Waals surface area contributed by atoms with Crippen LogP contribution in [0.2, 0.25) is 0 Å². The third-order valence-electron chi connectivity index (χ3n) is 3.71. The molecule has 3 nitrogen and oxygen atoms in total. The molecule has 128 valence electrons.